The van der Waals surface area contributed by atoms with Crippen LogP contribution in [0.25, 0.3) is 0 Å². The van der Waals surface area contributed by atoms with Gasteiger partial charge in [0.15, 0.2) is 0 Å². The highest BCUT2D eigenvalue weighted by Crippen LogP contribution is 2.08. The van der Waals surface area contributed by atoms with Gasteiger partial charge in [-0.2, -0.15) is 5.10 Å². The van der Waals surface area contributed by atoms with Crippen molar-refractivity contribution in [2.45, 2.75) is 20.4 Å². The lowest BCUT2D eigenvalue weighted by atomic mass is 10.2. The molecule has 20 heavy (non-hydrogen) atoms. The van der Waals surface area contributed by atoms with Crippen LogP contribution in [0.1, 0.15) is 21.6 Å². The van der Waals surface area contributed by atoms with E-state index in [0.29, 0.717) is 24.5 Å². The molecule has 0 radical (unpaired) electrons. The van der Waals surface area contributed by atoms with E-state index in [0.717, 1.165) is 11.3 Å². The van der Waals surface area contributed by atoms with E-state index in [-0.39, 0.29) is 5.91 Å². The third kappa shape index (κ3) is 3.55. The van der Waals surface area contributed by atoms with Crippen LogP contribution in [0.15, 0.2) is 24.5 Å². The number of hydrogen-bond acceptors (Lipinski definition) is 5. The predicted molar refractivity (Wildman–Crippen MR) is 76.1 cm³/mol. The Labute approximate surface area is 117 Å². The highest BCUT2D eigenvalue weighted by Gasteiger charge is 2.08. The number of rotatable bonds is 5. The molecular formula is C13H18N6O. The molecule has 2 aromatic heterocycles. The van der Waals surface area contributed by atoms with Gasteiger partial charge in [-0.3, -0.25) is 9.48 Å². The van der Waals surface area contributed by atoms with Crippen molar-refractivity contribution in [2.75, 3.05) is 12.0 Å². The second kappa shape index (κ2) is 6.16. The largest absolute Gasteiger partial charge is 0.350 e. The molecule has 0 atom stereocenters. The summed E-state index contributed by atoms with van der Waals surface area (Å²) in [5.74, 6) is 5.62. The zero-order chi connectivity index (χ0) is 14.5. The summed E-state index contributed by atoms with van der Waals surface area (Å²) >= 11 is 0. The molecule has 2 heterocycles. The molecule has 7 heteroatoms. The fourth-order valence-corrected chi connectivity index (χ4v) is 1.85. The quantitative estimate of drug-likeness (QED) is 0.548. The van der Waals surface area contributed by atoms with E-state index in [1.165, 1.54) is 0 Å². The van der Waals surface area contributed by atoms with Crippen molar-refractivity contribution in [1.29, 1.82) is 0 Å². The maximum absolute atomic E-state index is 12.0. The van der Waals surface area contributed by atoms with Crippen molar-refractivity contribution >= 4 is 11.7 Å². The highest BCUT2D eigenvalue weighted by molar-refractivity contribution is 5.94. The first-order valence-corrected chi connectivity index (χ1v) is 6.31. The number of hydrogen-bond donors (Lipinski definition) is 3. The Hall–Kier alpha value is -2.41. The first-order valence-electron chi connectivity index (χ1n) is 6.31. The van der Waals surface area contributed by atoms with Crippen LogP contribution in [0.5, 0.6) is 0 Å². The van der Waals surface area contributed by atoms with Crippen molar-refractivity contribution in [3.8, 4) is 0 Å². The molecule has 4 N–H and O–H groups in total. The van der Waals surface area contributed by atoms with Gasteiger partial charge in [0.1, 0.15) is 5.82 Å². The fraction of sp³-hybridized carbons (Fsp3) is 0.308. The van der Waals surface area contributed by atoms with Gasteiger partial charge in [-0.15, -0.1) is 0 Å². The molecule has 0 saturated carbocycles. The van der Waals surface area contributed by atoms with Gasteiger partial charge in [0.05, 0.1) is 12.7 Å². The molecule has 0 bridgehead atoms. The van der Waals surface area contributed by atoms with Crippen molar-refractivity contribution in [3.63, 3.8) is 0 Å². The predicted octanol–water partition coefficient (Wildman–Crippen LogP) is 0.611. The molecule has 0 aromatic carbocycles. The topological polar surface area (TPSA) is 97.9 Å². The zero-order valence-corrected chi connectivity index (χ0v) is 11.6. The first-order chi connectivity index (χ1) is 9.58. The number of aryl methyl sites for hydroxylation is 2. The second-order valence-electron chi connectivity index (χ2n) is 4.56. The van der Waals surface area contributed by atoms with Gasteiger partial charge in [0.25, 0.3) is 5.91 Å². The number of anilines is 1. The van der Waals surface area contributed by atoms with Crippen molar-refractivity contribution in [1.82, 2.24) is 20.1 Å². The summed E-state index contributed by atoms with van der Waals surface area (Å²) in [6.07, 6.45) is 3.71. The van der Waals surface area contributed by atoms with Crippen LogP contribution >= 0.6 is 0 Å². The van der Waals surface area contributed by atoms with Crippen LogP contribution in [-0.2, 0) is 6.54 Å². The number of carbonyl (C=O) groups is 1. The van der Waals surface area contributed by atoms with E-state index < -0.39 is 0 Å². The Kier molecular flexibility index (Phi) is 4.31. The molecule has 1 amide bonds. The molecule has 2 aromatic rings. The van der Waals surface area contributed by atoms with Gasteiger partial charge in [0, 0.05) is 24.0 Å². The molecule has 0 aliphatic carbocycles. The molecule has 2 rings (SSSR count). The van der Waals surface area contributed by atoms with Crippen LogP contribution in [0.3, 0.4) is 0 Å². The Morgan fingerprint density at radius 3 is 2.85 bits per heavy atom. The lowest BCUT2D eigenvalue weighted by molar-refractivity contribution is 0.0952. The highest BCUT2D eigenvalue weighted by atomic mass is 16.1. The van der Waals surface area contributed by atoms with E-state index in [1.54, 1.807) is 23.0 Å². The molecule has 0 aliphatic heterocycles. The molecule has 0 saturated heterocycles. The van der Waals surface area contributed by atoms with Gasteiger partial charge >= 0.3 is 0 Å². The Bertz CT molecular complexity index is 607. The van der Waals surface area contributed by atoms with E-state index >= 15 is 0 Å². The normalized spacial score (nSPS) is 10.3. The number of nitrogen functional groups attached to an aromatic ring is 1. The van der Waals surface area contributed by atoms with E-state index in [1.807, 2.05) is 20.0 Å². The minimum atomic E-state index is -0.157. The molecule has 0 unspecified atom stereocenters. The number of pyridine rings is 1. The maximum atomic E-state index is 12.0. The third-order valence-corrected chi connectivity index (χ3v) is 2.75. The summed E-state index contributed by atoms with van der Waals surface area (Å²) < 4.78 is 1.79. The molecule has 106 valence electrons. The van der Waals surface area contributed by atoms with Gasteiger partial charge in [-0.1, -0.05) is 0 Å². The van der Waals surface area contributed by atoms with Crippen LogP contribution in [0.4, 0.5) is 5.82 Å². The van der Waals surface area contributed by atoms with Crippen molar-refractivity contribution < 1.29 is 4.79 Å². The fourth-order valence-electron chi connectivity index (χ4n) is 1.85. The van der Waals surface area contributed by atoms with Gasteiger partial charge in [0.2, 0.25) is 0 Å². The van der Waals surface area contributed by atoms with E-state index in [9.17, 15) is 4.79 Å². The summed E-state index contributed by atoms with van der Waals surface area (Å²) in [6.45, 7) is 4.92. The summed E-state index contributed by atoms with van der Waals surface area (Å²) in [4.78, 5) is 16.2. The number of nitrogens with zero attached hydrogens (tertiary/aromatic N) is 3. The van der Waals surface area contributed by atoms with E-state index in [4.69, 9.17) is 5.84 Å². The number of aromatic nitrogens is 3. The summed E-state index contributed by atoms with van der Waals surface area (Å²) in [5, 5.41) is 6.99. The van der Waals surface area contributed by atoms with Crippen LogP contribution in [0.2, 0.25) is 0 Å². The molecule has 7 nitrogen and oxygen atoms in total. The average Bonchev–Trinajstić information content (AvgIpc) is 2.83. The number of carbonyl (C=O) groups excluding carboxylic acids is 1. The number of nitrogens with one attached hydrogen (secondary N) is 2. The monoisotopic (exact) mass is 274 g/mol. The van der Waals surface area contributed by atoms with Crippen molar-refractivity contribution in [2.24, 2.45) is 5.84 Å². The average molecular weight is 274 g/mol. The van der Waals surface area contributed by atoms with Crippen molar-refractivity contribution in [3.05, 3.63) is 41.3 Å². The number of nitrogens with two attached hydrogens (primary N) is 1. The SMILES string of the molecule is Cc1cnn(CCNC(=O)c2cc(C)nc(NN)c2)c1. The Balaban J connectivity index is 1.93. The summed E-state index contributed by atoms with van der Waals surface area (Å²) in [6, 6.07) is 3.33. The minimum Gasteiger partial charge on any atom is -0.350 e. The maximum Gasteiger partial charge on any atom is 0.251 e. The smallest absolute Gasteiger partial charge is 0.251 e. The molecule has 0 spiro atoms. The second-order valence-corrected chi connectivity index (χ2v) is 4.56. The molecule has 0 fully saturated rings. The lowest BCUT2D eigenvalue weighted by Gasteiger charge is -2.08. The Morgan fingerprint density at radius 2 is 2.20 bits per heavy atom. The van der Waals surface area contributed by atoms with Gasteiger partial charge in [-0.05, 0) is 31.5 Å². The summed E-state index contributed by atoms with van der Waals surface area (Å²) in [7, 11) is 0. The number of amides is 1. The summed E-state index contributed by atoms with van der Waals surface area (Å²) in [5.41, 5.74) is 4.80. The first kappa shape index (κ1) is 14.0. The molecule has 0 aliphatic rings. The van der Waals surface area contributed by atoms with Gasteiger partial charge in [-0.25, -0.2) is 10.8 Å². The van der Waals surface area contributed by atoms with Gasteiger partial charge < -0.3 is 10.7 Å². The minimum absolute atomic E-state index is 0.157. The molecular weight excluding hydrogens is 256 g/mol. The zero-order valence-electron chi connectivity index (χ0n) is 11.6. The third-order valence-electron chi connectivity index (χ3n) is 2.75. The van der Waals surface area contributed by atoms with Crippen LogP contribution in [0, 0.1) is 13.8 Å². The van der Waals surface area contributed by atoms with Crippen LogP contribution < -0.4 is 16.6 Å². The Morgan fingerprint density at radius 1 is 1.40 bits per heavy atom. The van der Waals surface area contributed by atoms with Crippen LogP contribution in [-0.4, -0.2) is 27.2 Å². The number of hydrazine groups is 1. The standard InChI is InChI=1S/C13H18N6O/c1-9-7-16-19(8-9)4-3-15-13(20)11-5-10(2)17-12(6-11)18-14/h5-8H,3-4,14H2,1-2H3,(H,15,20)(H,17,18). The lowest BCUT2D eigenvalue weighted by Crippen LogP contribution is -2.27. The van der Waals surface area contributed by atoms with E-state index in [2.05, 4.69) is 20.8 Å².